The fourth-order valence-electron chi connectivity index (χ4n) is 1.55. The maximum atomic E-state index is 4.32. The first-order valence-corrected chi connectivity index (χ1v) is 6.69. The lowest BCUT2D eigenvalue weighted by Gasteiger charge is -2.10. The Balaban J connectivity index is 2.30. The first-order valence-electron chi connectivity index (χ1n) is 5.87. The lowest BCUT2D eigenvalue weighted by molar-refractivity contribution is 0.918. The van der Waals surface area contributed by atoms with Gasteiger partial charge in [0, 0.05) is 24.5 Å². The van der Waals surface area contributed by atoms with E-state index in [1.807, 2.05) is 0 Å². The van der Waals surface area contributed by atoms with Gasteiger partial charge in [0.25, 0.3) is 0 Å². The number of hydrogen-bond donors (Lipinski definition) is 1. The molecule has 0 aliphatic heterocycles. The molecule has 5 nitrogen and oxygen atoms in total. The van der Waals surface area contributed by atoms with E-state index < -0.39 is 0 Å². The number of anilines is 1. The molecule has 2 aromatic heterocycles. The third-order valence-electron chi connectivity index (χ3n) is 2.33. The highest BCUT2D eigenvalue weighted by Crippen LogP contribution is 2.28. The monoisotopic (exact) mass is 261 g/mol. The summed E-state index contributed by atoms with van der Waals surface area (Å²) < 4.78 is 0. The van der Waals surface area contributed by atoms with Gasteiger partial charge in [-0.05, 0) is 31.2 Å². The predicted molar refractivity (Wildman–Crippen MR) is 71.7 cm³/mol. The molecule has 2 heterocycles. The van der Waals surface area contributed by atoms with Crippen molar-refractivity contribution in [2.24, 2.45) is 0 Å². The molecule has 0 amide bonds. The molecule has 0 spiro atoms. The summed E-state index contributed by atoms with van der Waals surface area (Å²) in [6, 6.07) is 1.80. The summed E-state index contributed by atoms with van der Waals surface area (Å²) >= 11 is 1.47. The van der Waals surface area contributed by atoms with Gasteiger partial charge in [0.1, 0.15) is 17.2 Å². The van der Waals surface area contributed by atoms with Crippen LogP contribution in [0.1, 0.15) is 19.4 Å². The Morgan fingerprint density at radius 1 is 1.11 bits per heavy atom. The molecule has 0 radical (unpaired) electrons. The normalized spacial score (nSPS) is 10.3. The van der Waals surface area contributed by atoms with Gasteiger partial charge in [0.15, 0.2) is 5.16 Å². The van der Waals surface area contributed by atoms with E-state index >= 15 is 0 Å². The zero-order valence-electron chi connectivity index (χ0n) is 10.4. The molecule has 0 aliphatic carbocycles. The summed E-state index contributed by atoms with van der Waals surface area (Å²) in [7, 11) is 0. The molecular weight excluding hydrogens is 246 g/mol. The molecule has 0 atom stereocenters. The molecular formula is C12H15N5S. The summed E-state index contributed by atoms with van der Waals surface area (Å²) in [5.74, 6) is 0.897. The standard InChI is InChI=1S/C12H15N5S/c1-3-9-10(13-4-2)16-8-17-11(9)18-12-14-6-5-7-15-12/h5-8H,3-4H2,1-2H3,(H,13,16,17). The van der Waals surface area contributed by atoms with Crippen molar-refractivity contribution in [3.63, 3.8) is 0 Å². The van der Waals surface area contributed by atoms with Crippen molar-refractivity contribution in [3.05, 3.63) is 30.4 Å². The van der Waals surface area contributed by atoms with Crippen LogP contribution in [0.3, 0.4) is 0 Å². The minimum absolute atomic E-state index is 0.702. The maximum absolute atomic E-state index is 4.32. The largest absolute Gasteiger partial charge is 0.370 e. The first kappa shape index (κ1) is 12.8. The van der Waals surface area contributed by atoms with Crippen LogP contribution in [0.4, 0.5) is 5.82 Å². The second-order valence-corrected chi connectivity index (χ2v) is 4.48. The maximum Gasteiger partial charge on any atom is 0.193 e. The van der Waals surface area contributed by atoms with Gasteiger partial charge in [0.2, 0.25) is 0 Å². The molecule has 0 saturated heterocycles. The minimum Gasteiger partial charge on any atom is -0.370 e. The summed E-state index contributed by atoms with van der Waals surface area (Å²) in [5.41, 5.74) is 1.11. The molecule has 0 aromatic carbocycles. The van der Waals surface area contributed by atoms with Crippen LogP contribution in [0, 0.1) is 0 Å². The second kappa shape index (κ2) is 6.30. The number of nitrogens with zero attached hydrogens (tertiary/aromatic N) is 4. The van der Waals surface area contributed by atoms with E-state index in [0.29, 0.717) is 5.16 Å². The van der Waals surface area contributed by atoms with Crippen molar-refractivity contribution in [1.82, 2.24) is 19.9 Å². The number of rotatable bonds is 5. The Bertz CT molecular complexity index is 503. The van der Waals surface area contributed by atoms with Crippen molar-refractivity contribution in [3.8, 4) is 0 Å². The van der Waals surface area contributed by atoms with Crippen LogP contribution < -0.4 is 5.32 Å². The van der Waals surface area contributed by atoms with Crippen LogP contribution in [-0.2, 0) is 6.42 Å². The zero-order valence-corrected chi connectivity index (χ0v) is 11.2. The summed E-state index contributed by atoms with van der Waals surface area (Å²) in [6.45, 7) is 4.99. The third-order valence-corrected chi connectivity index (χ3v) is 3.27. The van der Waals surface area contributed by atoms with Gasteiger partial charge < -0.3 is 5.32 Å². The lowest BCUT2D eigenvalue weighted by Crippen LogP contribution is -2.05. The Kier molecular flexibility index (Phi) is 4.46. The highest BCUT2D eigenvalue weighted by atomic mass is 32.2. The second-order valence-electron chi connectivity index (χ2n) is 3.52. The average Bonchev–Trinajstić information content (AvgIpc) is 2.41. The van der Waals surface area contributed by atoms with E-state index in [-0.39, 0.29) is 0 Å². The Hall–Kier alpha value is -1.69. The molecule has 2 aromatic rings. The van der Waals surface area contributed by atoms with Crippen LogP contribution in [0.5, 0.6) is 0 Å². The van der Waals surface area contributed by atoms with Gasteiger partial charge in [0.05, 0.1) is 0 Å². The number of nitrogens with one attached hydrogen (secondary N) is 1. The highest BCUT2D eigenvalue weighted by molar-refractivity contribution is 7.99. The fourth-order valence-corrected chi connectivity index (χ4v) is 2.41. The van der Waals surface area contributed by atoms with Crippen molar-refractivity contribution in [2.45, 2.75) is 30.5 Å². The van der Waals surface area contributed by atoms with Crippen LogP contribution in [0.15, 0.2) is 35.0 Å². The van der Waals surface area contributed by atoms with Crippen LogP contribution in [-0.4, -0.2) is 26.5 Å². The lowest BCUT2D eigenvalue weighted by atomic mass is 10.2. The van der Waals surface area contributed by atoms with E-state index in [0.717, 1.165) is 29.4 Å². The van der Waals surface area contributed by atoms with Gasteiger partial charge in [-0.15, -0.1) is 0 Å². The Morgan fingerprint density at radius 2 is 1.89 bits per heavy atom. The molecule has 0 fully saturated rings. The van der Waals surface area contributed by atoms with E-state index in [2.05, 4.69) is 39.1 Å². The molecule has 0 aliphatic rings. The van der Waals surface area contributed by atoms with Gasteiger partial charge in [-0.1, -0.05) is 6.92 Å². The molecule has 18 heavy (non-hydrogen) atoms. The van der Waals surface area contributed by atoms with Crippen LogP contribution in [0.2, 0.25) is 0 Å². The first-order chi connectivity index (χ1) is 8.85. The SMILES string of the molecule is CCNc1ncnc(Sc2ncccn2)c1CC. The molecule has 0 bridgehead atoms. The van der Waals surface area contributed by atoms with Gasteiger partial charge in [-0.2, -0.15) is 0 Å². The summed E-state index contributed by atoms with van der Waals surface area (Å²) in [6.07, 6.45) is 5.90. The Labute approximate surface area is 110 Å². The number of hydrogen-bond acceptors (Lipinski definition) is 6. The minimum atomic E-state index is 0.702. The summed E-state index contributed by atoms with van der Waals surface area (Å²) in [4.78, 5) is 17.0. The van der Waals surface area contributed by atoms with Crippen LogP contribution >= 0.6 is 11.8 Å². The van der Waals surface area contributed by atoms with Gasteiger partial charge >= 0.3 is 0 Å². The molecule has 0 saturated carbocycles. The molecule has 0 unspecified atom stereocenters. The molecule has 1 N–H and O–H groups in total. The molecule has 2 rings (SSSR count). The van der Waals surface area contributed by atoms with E-state index in [1.165, 1.54) is 11.8 Å². The van der Waals surface area contributed by atoms with Crippen LogP contribution in [0.25, 0.3) is 0 Å². The Morgan fingerprint density at radius 3 is 2.56 bits per heavy atom. The zero-order chi connectivity index (χ0) is 12.8. The quantitative estimate of drug-likeness (QED) is 0.658. The fraction of sp³-hybridized carbons (Fsp3) is 0.333. The molecule has 94 valence electrons. The smallest absolute Gasteiger partial charge is 0.193 e. The topological polar surface area (TPSA) is 63.6 Å². The average molecular weight is 261 g/mol. The van der Waals surface area contributed by atoms with Crippen molar-refractivity contribution in [2.75, 3.05) is 11.9 Å². The molecule has 6 heteroatoms. The van der Waals surface area contributed by atoms with Crippen molar-refractivity contribution in [1.29, 1.82) is 0 Å². The number of aromatic nitrogens is 4. The van der Waals surface area contributed by atoms with Gasteiger partial charge in [-0.25, -0.2) is 19.9 Å². The van der Waals surface area contributed by atoms with Gasteiger partial charge in [-0.3, -0.25) is 0 Å². The van der Waals surface area contributed by atoms with Crippen molar-refractivity contribution < 1.29 is 0 Å². The van der Waals surface area contributed by atoms with Crippen molar-refractivity contribution >= 4 is 17.6 Å². The predicted octanol–water partition coefficient (Wildman–Crippen LogP) is 2.41. The van der Waals surface area contributed by atoms with E-state index in [1.54, 1.807) is 24.8 Å². The highest BCUT2D eigenvalue weighted by Gasteiger charge is 2.11. The van der Waals surface area contributed by atoms with E-state index in [4.69, 9.17) is 0 Å². The third kappa shape index (κ3) is 2.95. The van der Waals surface area contributed by atoms with E-state index in [9.17, 15) is 0 Å². The summed E-state index contributed by atoms with van der Waals surface area (Å²) in [5, 5.41) is 4.86.